The highest BCUT2D eigenvalue weighted by atomic mass is 16.2. The van der Waals surface area contributed by atoms with Crippen molar-refractivity contribution in [3.8, 4) is 0 Å². The van der Waals surface area contributed by atoms with E-state index in [2.05, 4.69) is 41.0 Å². The van der Waals surface area contributed by atoms with Crippen molar-refractivity contribution in [3.05, 3.63) is 35.9 Å². The van der Waals surface area contributed by atoms with E-state index in [4.69, 9.17) is 0 Å². The first-order chi connectivity index (χ1) is 15.1. The lowest BCUT2D eigenvalue weighted by Crippen LogP contribution is -2.49. The van der Waals surface area contributed by atoms with E-state index in [-0.39, 0.29) is 5.54 Å². The standard InChI is InChI=1S/C27H43N3O/c1-30-21-29-27(26(30)31,16-15-22-9-4-2-5-10-22)18-24-13-8-14-25(17-24)20-28-19-23-11-6-3-7-12-23/h3,6-7,11-12,22,24-25,28-29H,2,4-5,8-10,13-21H2,1H3/t24-,25?,27-/m1/s1. The number of hydrogen-bond donors (Lipinski definition) is 2. The predicted octanol–water partition coefficient (Wildman–Crippen LogP) is 5.09. The Morgan fingerprint density at radius 2 is 1.74 bits per heavy atom. The number of rotatable bonds is 9. The van der Waals surface area contributed by atoms with Gasteiger partial charge in [0.05, 0.1) is 12.2 Å². The molecule has 2 aliphatic carbocycles. The summed E-state index contributed by atoms with van der Waals surface area (Å²) in [6.45, 7) is 2.78. The van der Waals surface area contributed by atoms with E-state index >= 15 is 0 Å². The fraction of sp³-hybridized carbons (Fsp3) is 0.741. The van der Waals surface area contributed by atoms with Gasteiger partial charge in [0.2, 0.25) is 5.91 Å². The molecular weight excluding hydrogens is 382 g/mol. The third kappa shape index (κ3) is 6.10. The van der Waals surface area contributed by atoms with Crippen molar-refractivity contribution < 1.29 is 4.79 Å². The van der Waals surface area contributed by atoms with E-state index in [0.29, 0.717) is 11.8 Å². The monoisotopic (exact) mass is 425 g/mol. The number of amides is 1. The average molecular weight is 426 g/mol. The van der Waals surface area contributed by atoms with E-state index in [9.17, 15) is 4.79 Å². The van der Waals surface area contributed by atoms with Crippen molar-refractivity contribution in [3.63, 3.8) is 0 Å². The van der Waals surface area contributed by atoms with Gasteiger partial charge in [-0.05, 0) is 62.0 Å². The predicted molar refractivity (Wildman–Crippen MR) is 128 cm³/mol. The van der Waals surface area contributed by atoms with Gasteiger partial charge in [-0.1, -0.05) is 75.3 Å². The Kier molecular flexibility index (Phi) is 8.06. The SMILES string of the molecule is CN1CN[C@](CCC2CCCCC2)(C[C@@H]2CCCC(CNCc3ccccc3)C2)C1=O. The highest BCUT2D eigenvalue weighted by Crippen LogP contribution is 2.39. The second-order valence-electron chi connectivity index (χ2n) is 10.7. The summed E-state index contributed by atoms with van der Waals surface area (Å²) >= 11 is 0. The molecule has 1 amide bonds. The molecule has 3 fully saturated rings. The molecule has 3 aliphatic rings. The first-order valence-corrected chi connectivity index (χ1v) is 12.9. The van der Waals surface area contributed by atoms with Crippen LogP contribution in [0, 0.1) is 17.8 Å². The maximum absolute atomic E-state index is 13.2. The zero-order chi connectivity index (χ0) is 21.5. The van der Waals surface area contributed by atoms with Crippen LogP contribution in [0.2, 0.25) is 0 Å². The molecule has 1 unspecified atom stereocenters. The van der Waals surface area contributed by atoms with Gasteiger partial charge in [0.15, 0.2) is 0 Å². The van der Waals surface area contributed by atoms with Crippen LogP contribution in [-0.2, 0) is 11.3 Å². The van der Waals surface area contributed by atoms with Crippen LogP contribution in [0.15, 0.2) is 30.3 Å². The molecule has 1 heterocycles. The summed E-state index contributed by atoms with van der Waals surface area (Å²) in [5, 5.41) is 7.39. The molecule has 3 atom stereocenters. The maximum Gasteiger partial charge on any atom is 0.243 e. The average Bonchev–Trinajstić information content (AvgIpc) is 3.08. The number of nitrogens with one attached hydrogen (secondary N) is 2. The van der Waals surface area contributed by atoms with Gasteiger partial charge in [0.25, 0.3) is 0 Å². The van der Waals surface area contributed by atoms with Gasteiger partial charge in [-0.15, -0.1) is 0 Å². The zero-order valence-electron chi connectivity index (χ0n) is 19.6. The summed E-state index contributed by atoms with van der Waals surface area (Å²) in [5.74, 6) is 2.61. The molecule has 4 nitrogen and oxygen atoms in total. The first kappa shape index (κ1) is 22.8. The number of carbonyl (C=O) groups excluding carboxylic acids is 1. The van der Waals surface area contributed by atoms with Gasteiger partial charge >= 0.3 is 0 Å². The van der Waals surface area contributed by atoms with Gasteiger partial charge < -0.3 is 10.2 Å². The van der Waals surface area contributed by atoms with Crippen LogP contribution in [0.3, 0.4) is 0 Å². The maximum atomic E-state index is 13.2. The Morgan fingerprint density at radius 1 is 1.00 bits per heavy atom. The van der Waals surface area contributed by atoms with Crippen molar-refractivity contribution in [1.82, 2.24) is 15.5 Å². The van der Waals surface area contributed by atoms with Crippen LogP contribution in [0.4, 0.5) is 0 Å². The molecular formula is C27H43N3O. The molecule has 31 heavy (non-hydrogen) atoms. The number of carbonyl (C=O) groups is 1. The van der Waals surface area contributed by atoms with Gasteiger partial charge in [-0.25, -0.2) is 0 Å². The Labute approximate surface area is 189 Å². The number of hydrogen-bond acceptors (Lipinski definition) is 3. The molecule has 4 heteroatoms. The highest BCUT2D eigenvalue weighted by molar-refractivity contribution is 5.88. The Morgan fingerprint density at radius 3 is 2.48 bits per heavy atom. The topological polar surface area (TPSA) is 44.4 Å². The van der Waals surface area contributed by atoms with Crippen LogP contribution < -0.4 is 10.6 Å². The second-order valence-corrected chi connectivity index (χ2v) is 10.7. The van der Waals surface area contributed by atoms with E-state index in [1.54, 1.807) is 0 Å². The summed E-state index contributed by atoms with van der Waals surface area (Å²) in [5.41, 5.74) is 1.07. The normalized spacial score (nSPS) is 30.1. The molecule has 172 valence electrons. The lowest BCUT2D eigenvalue weighted by atomic mass is 9.72. The van der Waals surface area contributed by atoms with E-state index in [1.807, 2.05) is 11.9 Å². The van der Waals surface area contributed by atoms with Crippen molar-refractivity contribution in [2.24, 2.45) is 17.8 Å². The molecule has 0 radical (unpaired) electrons. The van der Waals surface area contributed by atoms with Crippen LogP contribution >= 0.6 is 0 Å². The van der Waals surface area contributed by atoms with E-state index in [1.165, 1.54) is 69.8 Å². The minimum absolute atomic E-state index is 0.295. The molecule has 1 aliphatic heterocycles. The van der Waals surface area contributed by atoms with Crippen LogP contribution in [-0.4, -0.2) is 36.6 Å². The van der Waals surface area contributed by atoms with Gasteiger partial charge in [0, 0.05) is 13.6 Å². The summed E-state index contributed by atoms with van der Waals surface area (Å²) in [4.78, 5) is 15.2. The fourth-order valence-electron chi connectivity index (χ4n) is 6.45. The van der Waals surface area contributed by atoms with Crippen molar-refractivity contribution >= 4 is 5.91 Å². The Hall–Kier alpha value is -1.39. The number of likely N-dealkylation sites (N-methyl/N-ethyl adjacent to an activating group) is 1. The third-order valence-electron chi connectivity index (χ3n) is 8.25. The van der Waals surface area contributed by atoms with Crippen molar-refractivity contribution in [2.75, 3.05) is 20.3 Å². The highest BCUT2D eigenvalue weighted by Gasteiger charge is 2.46. The molecule has 4 rings (SSSR count). The molecule has 1 aromatic carbocycles. The number of nitrogens with zero attached hydrogens (tertiary/aromatic N) is 1. The van der Waals surface area contributed by atoms with E-state index in [0.717, 1.165) is 44.4 Å². The smallest absolute Gasteiger partial charge is 0.243 e. The number of benzene rings is 1. The van der Waals surface area contributed by atoms with Gasteiger partial charge in [0.1, 0.15) is 0 Å². The largest absolute Gasteiger partial charge is 0.331 e. The second kappa shape index (κ2) is 11.0. The van der Waals surface area contributed by atoms with E-state index < -0.39 is 0 Å². The summed E-state index contributed by atoms with van der Waals surface area (Å²) in [6.07, 6.45) is 15.4. The summed E-state index contributed by atoms with van der Waals surface area (Å²) in [6, 6.07) is 10.7. The quantitative estimate of drug-likeness (QED) is 0.579. The van der Waals surface area contributed by atoms with Crippen LogP contribution in [0.1, 0.15) is 82.6 Å². The summed E-state index contributed by atoms with van der Waals surface area (Å²) < 4.78 is 0. The lowest BCUT2D eigenvalue weighted by molar-refractivity contribution is -0.132. The first-order valence-electron chi connectivity index (χ1n) is 12.9. The molecule has 1 saturated heterocycles. The molecule has 1 aromatic rings. The lowest BCUT2D eigenvalue weighted by Gasteiger charge is -2.37. The minimum Gasteiger partial charge on any atom is -0.331 e. The fourth-order valence-corrected chi connectivity index (χ4v) is 6.45. The van der Waals surface area contributed by atoms with Gasteiger partial charge in [-0.2, -0.15) is 0 Å². The zero-order valence-corrected chi connectivity index (χ0v) is 19.6. The Bertz CT molecular complexity index is 687. The Balaban J connectivity index is 1.30. The minimum atomic E-state index is -0.295. The van der Waals surface area contributed by atoms with Crippen molar-refractivity contribution in [2.45, 2.75) is 89.1 Å². The molecule has 2 saturated carbocycles. The molecule has 2 N–H and O–H groups in total. The van der Waals surface area contributed by atoms with Crippen molar-refractivity contribution in [1.29, 1.82) is 0 Å². The van der Waals surface area contributed by atoms with Crippen LogP contribution in [0.5, 0.6) is 0 Å². The van der Waals surface area contributed by atoms with Gasteiger partial charge in [-0.3, -0.25) is 10.1 Å². The molecule has 0 aromatic heterocycles. The molecule has 0 bridgehead atoms. The van der Waals surface area contributed by atoms with Crippen LogP contribution in [0.25, 0.3) is 0 Å². The summed E-state index contributed by atoms with van der Waals surface area (Å²) in [7, 11) is 1.97. The molecule has 0 spiro atoms. The third-order valence-corrected chi connectivity index (χ3v) is 8.25.